The van der Waals surface area contributed by atoms with Gasteiger partial charge in [-0.25, -0.2) is 0 Å². The fourth-order valence-corrected chi connectivity index (χ4v) is 3.51. The van der Waals surface area contributed by atoms with E-state index in [0.29, 0.717) is 22.8 Å². The molecule has 1 heterocycles. The van der Waals surface area contributed by atoms with E-state index in [2.05, 4.69) is 15.8 Å². The lowest BCUT2D eigenvalue weighted by Gasteiger charge is -2.09. The minimum Gasteiger partial charge on any atom is -0.486 e. The number of hydrogen-bond acceptors (Lipinski definition) is 5. The van der Waals surface area contributed by atoms with Gasteiger partial charge in [0.25, 0.3) is 11.8 Å². The molecule has 2 amide bonds. The van der Waals surface area contributed by atoms with Crippen molar-refractivity contribution in [2.24, 2.45) is 0 Å². The average molecular weight is 419 g/mol. The van der Waals surface area contributed by atoms with Gasteiger partial charge in [0, 0.05) is 23.4 Å². The topological polar surface area (TPSA) is 93.5 Å². The van der Waals surface area contributed by atoms with Gasteiger partial charge in [0.05, 0.1) is 0 Å². The number of carbonyl (C=O) groups is 2. The molecule has 160 valence electrons. The van der Waals surface area contributed by atoms with Crippen LogP contribution in [-0.4, -0.2) is 23.0 Å². The molecule has 1 saturated carbocycles. The Hall–Kier alpha value is -3.61. The molecule has 1 aromatic heterocycles. The van der Waals surface area contributed by atoms with Crippen LogP contribution in [0.5, 0.6) is 5.75 Å². The Labute approximate surface area is 180 Å². The van der Waals surface area contributed by atoms with Crippen LogP contribution in [0.25, 0.3) is 0 Å². The second-order valence-electron chi connectivity index (χ2n) is 7.77. The van der Waals surface area contributed by atoms with E-state index in [-0.39, 0.29) is 30.2 Å². The number of rotatable bonds is 7. The molecular weight excluding hydrogens is 394 g/mol. The molecule has 1 aliphatic rings. The maximum Gasteiger partial charge on any atom is 0.273 e. The Kier molecular flexibility index (Phi) is 6.31. The van der Waals surface area contributed by atoms with Crippen molar-refractivity contribution in [3.05, 3.63) is 77.2 Å². The summed E-state index contributed by atoms with van der Waals surface area (Å²) in [6, 6.07) is 16.3. The molecule has 2 N–H and O–H groups in total. The summed E-state index contributed by atoms with van der Waals surface area (Å²) >= 11 is 0. The molecule has 7 heteroatoms. The summed E-state index contributed by atoms with van der Waals surface area (Å²) in [6.07, 6.45) is 4.33. The zero-order chi connectivity index (χ0) is 21.6. The zero-order valence-electron chi connectivity index (χ0n) is 17.4. The van der Waals surface area contributed by atoms with Gasteiger partial charge in [-0.15, -0.1) is 0 Å². The Morgan fingerprint density at radius 2 is 1.74 bits per heavy atom. The molecule has 0 saturated heterocycles. The van der Waals surface area contributed by atoms with Crippen molar-refractivity contribution in [3.63, 3.8) is 0 Å². The summed E-state index contributed by atoms with van der Waals surface area (Å²) in [7, 11) is 0. The van der Waals surface area contributed by atoms with E-state index in [0.717, 1.165) is 31.2 Å². The molecule has 0 unspecified atom stereocenters. The Morgan fingerprint density at radius 1 is 1.03 bits per heavy atom. The number of aromatic nitrogens is 1. The van der Waals surface area contributed by atoms with Gasteiger partial charge < -0.3 is 19.9 Å². The lowest BCUT2D eigenvalue weighted by atomic mass is 10.1. The van der Waals surface area contributed by atoms with Gasteiger partial charge >= 0.3 is 0 Å². The number of ether oxygens (including phenoxy) is 1. The van der Waals surface area contributed by atoms with Crippen LogP contribution >= 0.6 is 0 Å². The fourth-order valence-electron chi connectivity index (χ4n) is 3.51. The van der Waals surface area contributed by atoms with Gasteiger partial charge in [0.2, 0.25) is 0 Å². The first-order chi connectivity index (χ1) is 15.1. The quantitative estimate of drug-likeness (QED) is 0.589. The lowest BCUT2D eigenvalue weighted by molar-refractivity contribution is 0.0927. The first-order valence-corrected chi connectivity index (χ1v) is 10.4. The number of hydrogen-bond donors (Lipinski definition) is 2. The Morgan fingerprint density at radius 3 is 2.45 bits per heavy atom. The molecule has 4 rings (SSSR count). The smallest absolute Gasteiger partial charge is 0.273 e. The van der Waals surface area contributed by atoms with E-state index < -0.39 is 0 Å². The highest BCUT2D eigenvalue weighted by atomic mass is 16.5. The summed E-state index contributed by atoms with van der Waals surface area (Å²) in [4.78, 5) is 24.5. The van der Waals surface area contributed by atoms with Gasteiger partial charge in [-0.1, -0.05) is 35.7 Å². The van der Waals surface area contributed by atoms with Crippen molar-refractivity contribution >= 4 is 17.5 Å². The number of carbonyl (C=O) groups excluding carboxylic acids is 2. The van der Waals surface area contributed by atoms with Crippen LogP contribution in [-0.2, 0) is 6.61 Å². The van der Waals surface area contributed by atoms with Crippen LogP contribution in [0.4, 0.5) is 5.69 Å². The summed E-state index contributed by atoms with van der Waals surface area (Å²) in [5.74, 6) is 0.698. The van der Waals surface area contributed by atoms with E-state index in [1.165, 1.54) is 0 Å². The van der Waals surface area contributed by atoms with Crippen molar-refractivity contribution in [2.45, 2.75) is 45.3 Å². The van der Waals surface area contributed by atoms with Gasteiger partial charge in [-0.3, -0.25) is 9.59 Å². The average Bonchev–Trinajstić information content (AvgIpc) is 3.46. The fraction of sp³-hybridized carbons (Fsp3) is 0.292. The molecule has 0 atom stereocenters. The lowest BCUT2D eigenvalue weighted by Crippen LogP contribution is -2.32. The molecule has 1 fully saturated rings. The molecule has 0 spiro atoms. The van der Waals surface area contributed by atoms with Gasteiger partial charge in [0.15, 0.2) is 11.5 Å². The molecular formula is C24H25N3O4. The van der Waals surface area contributed by atoms with Crippen LogP contribution < -0.4 is 15.4 Å². The number of benzene rings is 2. The Bertz CT molecular complexity index is 1040. The predicted octanol–water partition coefficient (Wildman–Crippen LogP) is 4.49. The van der Waals surface area contributed by atoms with Gasteiger partial charge in [0.1, 0.15) is 12.4 Å². The van der Waals surface area contributed by atoms with Crippen molar-refractivity contribution in [1.29, 1.82) is 0 Å². The standard InChI is InChI=1S/C24H25N3O4/c1-16-6-8-17(9-7-16)23(28)25-19-10-12-20(13-11-19)30-15-21-14-22(27-31-21)24(29)26-18-4-2-3-5-18/h6-14,18H,2-5,15H2,1H3,(H,25,28)(H,26,29). The largest absolute Gasteiger partial charge is 0.486 e. The van der Waals surface area contributed by atoms with E-state index in [4.69, 9.17) is 9.26 Å². The normalized spacial score (nSPS) is 13.7. The third kappa shape index (κ3) is 5.51. The van der Waals surface area contributed by atoms with Crippen LogP contribution in [0.15, 0.2) is 59.1 Å². The van der Waals surface area contributed by atoms with Gasteiger partial charge in [-0.05, 0) is 56.2 Å². The highest BCUT2D eigenvalue weighted by molar-refractivity contribution is 6.04. The molecule has 0 bridgehead atoms. The molecule has 1 aliphatic carbocycles. The highest BCUT2D eigenvalue weighted by Crippen LogP contribution is 2.20. The number of anilines is 1. The zero-order valence-corrected chi connectivity index (χ0v) is 17.4. The van der Waals surface area contributed by atoms with Crippen LogP contribution in [0.1, 0.15) is 57.9 Å². The van der Waals surface area contributed by atoms with E-state index in [9.17, 15) is 9.59 Å². The molecule has 2 aromatic carbocycles. The SMILES string of the molecule is Cc1ccc(C(=O)Nc2ccc(OCc3cc(C(=O)NC4CCCC4)no3)cc2)cc1. The second-order valence-corrected chi connectivity index (χ2v) is 7.77. The molecule has 3 aromatic rings. The van der Waals surface area contributed by atoms with Crippen molar-refractivity contribution in [2.75, 3.05) is 5.32 Å². The molecule has 0 radical (unpaired) electrons. The van der Waals surface area contributed by atoms with E-state index in [1.807, 2.05) is 19.1 Å². The second kappa shape index (κ2) is 9.47. The minimum atomic E-state index is -0.212. The maximum atomic E-state index is 12.3. The van der Waals surface area contributed by atoms with Crippen molar-refractivity contribution in [1.82, 2.24) is 10.5 Å². The Balaban J connectivity index is 1.27. The first kappa shape index (κ1) is 20.7. The highest BCUT2D eigenvalue weighted by Gasteiger charge is 2.20. The summed E-state index contributed by atoms with van der Waals surface area (Å²) in [5.41, 5.74) is 2.64. The number of aryl methyl sites for hydroxylation is 1. The van der Waals surface area contributed by atoms with Crippen LogP contribution in [0, 0.1) is 6.92 Å². The molecule has 31 heavy (non-hydrogen) atoms. The number of nitrogens with zero attached hydrogens (tertiary/aromatic N) is 1. The molecule has 7 nitrogen and oxygen atoms in total. The third-order valence-electron chi connectivity index (χ3n) is 5.29. The van der Waals surface area contributed by atoms with Crippen molar-refractivity contribution < 1.29 is 18.8 Å². The van der Waals surface area contributed by atoms with E-state index >= 15 is 0 Å². The summed E-state index contributed by atoms with van der Waals surface area (Å²) in [5, 5.41) is 9.68. The summed E-state index contributed by atoms with van der Waals surface area (Å²) in [6.45, 7) is 2.13. The van der Waals surface area contributed by atoms with E-state index in [1.54, 1.807) is 42.5 Å². The third-order valence-corrected chi connectivity index (χ3v) is 5.29. The first-order valence-electron chi connectivity index (χ1n) is 10.4. The van der Waals surface area contributed by atoms with Crippen LogP contribution in [0.3, 0.4) is 0 Å². The van der Waals surface area contributed by atoms with Crippen molar-refractivity contribution in [3.8, 4) is 5.75 Å². The van der Waals surface area contributed by atoms with Gasteiger partial charge in [-0.2, -0.15) is 0 Å². The van der Waals surface area contributed by atoms with Crippen LogP contribution in [0.2, 0.25) is 0 Å². The number of nitrogens with one attached hydrogen (secondary N) is 2. The summed E-state index contributed by atoms with van der Waals surface area (Å²) < 4.78 is 10.9. The maximum absolute atomic E-state index is 12.3. The predicted molar refractivity (Wildman–Crippen MR) is 116 cm³/mol. The molecule has 0 aliphatic heterocycles. The minimum absolute atomic E-state index is 0.152. The number of amides is 2. The monoisotopic (exact) mass is 419 g/mol.